The molecule has 1 atom stereocenters. The van der Waals surface area contributed by atoms with Gasteiger partial charge in [0.15, 0.2) is 5.82 Å². The molecule has 7 heteroatoms. The molecule has 0 saturated heterocycles. The summed E-state index contributed by atoms with van der Waals surface area (Å²) in [4.78, 5) is 13.1. The third-order valence-electron chi connectivity index (χ3n) is 3.94. The molecular formula is C19H29N5O2. The fourth-order valence-electron chi connectivity index (χ4n) is 2.46. The summed E-state index contributed by atoms with van der Waals surface area (Å²) in [5, 5.41) is 3.80. The minimum absolute atomic E-state index is 0.0594. The van der Waals surface area contributed by atoms with Crippen molar-refractivity contribution in [3.8, 4) is 17.3 Å². The van der Waals surface area contributed by atoms with Crippen molar-refractivity contribution in [3.05, 3.63) is 36.8 Å². The molecule has 0 saturated carbocycles. The van der Waals surface area contributed by atoms with Crippen molar-refractivity contribution in [2.24, 2.45) is 0 Å². The Bertz CT molecular complexity index is 669. The van der Waals surface area contributed by atoms with Crippen LogP contribution in [0.1, 0.15) is 18.7 Å². The van der Waals surface area contributed by atoms with E-state index in [1.807, 2.05) is 18.2 Å². The van der Waals surface area contributed by atoms with Gasteiger partial charge in [0.05, 0.1) is 5.56 Å². The second-order valence-electron chi connectivity index (χ2n) is 6.70. The molecule has 0 unspecified atom stereocenters. The molecule has 0 aliphatic rings. The van der Waals surface area contributed by atoms with Gasteiger partial charge in [0.25, 0.3) is 5.89 Å². The van der Waals surface area contributed by atoms with Gasteiger partial charge in [0.1, 0.15) is 6.10 Å². The highest BCUT2D eigenvalue weighted by molar-refractivity contribution is 5.51. The van der Waals surface area contributed by atoms with Crippen LogP contribution in [0.15, 0.2) is 35.5 Å². The van der Waals surface area contributed by atoms with Crippen molar-refractivity contribution in [1.82, 2.24) is 24.9 Å². The molecule has 7 nitrogen and oxygen atoms in total. The molecule has 0 spiro atoms. The van der Waals surface area contributed by atoms with E-state index < -0.39 is 0 Å². The molecule has 2 aromatic heterocycles. The van der Waals surface area contributed by atoms with E-state index in [4.69, 9.17) is 9.26 Å². The fraction of sp³-hybridized carbons (Fsp3) is 0.526. The number of hydrogen-bond donors (Lipinski definition) is 0. The van der Waals surface area contributed by atoms with Crippen LogP contribution in [0.25, 0.3) is 11.5 Å². The summed E-state index contributed by atoms with van der Waals surface area (Å²) in [5.41, 5.74) is 0.781. The van der Waals surface area contributed by atoms with E-state index in [0.29, 0.717) is 17.6 Å². The third kappa shape index (κ3) is 6.57. The van der Waals surface area contributed by atoms with E-state index in [0.717, 1.165) is 38.0 Å². The smallest absolute Gasteiger partial charge is 0.259 e. The zero-order valence-corrected chi connectivity index (χ0v) is 16.2. The van der Waals surface area contributed by atoms with Crippen molar-refractivity contribution < 1.29 is 9.26 Å². The van der Waals surface area contributed by atoms with Gasteiger partial charge in [0.2, 0.25) is 5.88 Å². The SMILES string of the molecule is C=CCC[C@@H](CN(C)CCN(C)C)Oc1ccc(-c2nc(C)no2)cn1. The Hall–Kier alpha value is -2.25. The van der Waals surface area contributed by atoms with Crippen LogP contribution >= 0.6 is 0 Å². The summed E-state index contributed by atoms with van der Waals surface area (Å²) in [6.45, 7) is 8.44. The van der Waals surface area contributed by atoms with Crippen molar-refractivity contribution in [2.45, 2.75) is 25.9 Å². The van der Waals surface area contributed by atoms with Crippen LogP contribution in [0.5, 0.6) is 5.88 Å². The summed E-state index contributed by atoms with van der Waals surface area (Å²) in [6.07, 6.45) is 5.49. The first-order valence-corrected chi connectivity index (χ1v) is 8.85. The van der Waals surface area contributed by atoms with Crippen molar-refractivity contribution in [1.29, 1.82) is 0 Å². The first-order chi connectivity index (χ1) is 12.5. The van der Waals surface area contributed by atoms with Crippen LogP contribution < -0.4 is 4.74 Å². The van der Waals surface area contributed by atoms with Crippen LogP contribution in [0.2, 0.25) is 0 Å². The Labute approximate surface area is 155 Å². The molecule has 0 N–H and O–H groups in total. The number of nitrogens with zero attached hydrogens (tertiary/aromatic N) is 5. The van der Waals surface area contributed by atoms with Crippen molar-refractivity contribution >= 4 is 0 Å². The Morgan fingerprint density at radius 1 is 1.27 bits per heavy atom. The number of hydrogen-bond acceptors (Lipinski definition) is 7. The van der Waals surface area contributed by atoms with Gasteiger partial charge in [0, 0.05) is 31.9 Å². The van der Waals surface area contributed by atoms with E-state index in [1.165, 1.54) is 0 Å². The third-order valence-corrected chi connectivity index (χ3v) is 3.94. The number of allylic oxidation sites excluding steroid dienone is 1. The second-order valence-corrected chi connectivity index (χ2v) is 6.70. The molecule has 0 fully saturated rings. The van der Waals surface area contributed by atoms with Gasteiger partial charge < -0.3 is 19.1 Å². The maximum absolute atomic E-state index is 6.11. The zero-order chi connectivity index (χ0) is 18.9. The standard InChI is InChI=1S/C19H29N5O2/c1-6-7-8-17(14-24(5)12-11-23(3)4)25-18-10-9-16(13-20-18)19-21-15(2)22-26-19/h6,9-10,13,17H,1,7-8,11-12,14H2,2-5H3/t17-/m0/s1. The van der Waals surface area contributed by atoms with Crippen LogP contribution in [0.4, 0.5) is 0 Å². The Balaban J connectivity index is 1.96. The highest BCUT2D eigenvalue weighted by atomic mass is 16.5. The predicted molar refractivity (Wildman–Crippen MR) is 102 cm³/mol. The van der Waals surface area contributed by atoms with E-state index in [1.54, 1.807) is 13.1 Å². The lowest BCUT2D eigenvalue weighted by Gasteiger charge is -2.25. The molecule has 2 heterocycles. The van der Waals surface area contributed by atoms with Crippen LogP contribution in [0.3, 0.4) is 0 Å². The lowest BCUT2D eigenvalue weighted by Crippen LogP contribution is -2.37. The summed E-state index contributed by atoms with van der Waals surface area (Å²) in [7, 11) is 6.27. The molecule has 0 aliphatic carbocycles. The number of aryl methyl sites for hydroxylation is 1. The van der Waals surface area contributed by atoms with E-state index in [9.17, 15) is 0 Å². The summed E-state index contributed by atoms with van der Waals surface area (Å²) in [6, 6.07) is 3.73. The van der Waals surface area contributed by atoms with Gasteiger partial charge in [-0.05, 0) is 47.0 Å². The van der Waals surface area contributed by atoms with E-state index in [2.05, 4.69) is 52.6 Å². The number of rotatable bonds is 11. The zero-order valence-electron chi connectivity index (χ0n) is 16.2. The summed E-state index contributed by atoms with van der Waals surface area (Å²) >= 11 is 0. The molecule has 0 aromatic carbocycles. The molecule has 0 radical (unpaired) electrons. The van der Waals surface area contributed by atoms with E-state index in [-0.39, 0.29) is 6.10 Å². The number of likely N-dealkylation sites (N-methyl/N-ethyl adjacent to an activating group) is 2. The van der Waals surface area contributed by atoms with Gasteiger partial charge in [-0.25, -0.2) is 4.98 Å². The summed E-state index contributed by atoms with van der Waals surface area (Å²) < 4.78 is 11.3. The normalized spacial score (nSPS) is 12.5. The van der Waals surface area contributed by atoms with Gasteiger partial charge in [-0.1, -0.05) is 11.2 Å². The molecule has 2 rings (SSSR count). The first-order valence-electron chi connectivity index (χ1n) is 8.85. The topological polar surface area (TPSA) is 67.5 Å². The minimum atomic E-state index is 0.0594. The average molecular weight is 359 g/mol. The fourth-order valence-corrected chi connectivity index (χ4v) is 2.46. The molecule has 26 heavy (non-hydrogen) atoms. The summed E-state index contributed by atoms with van der Waals surface area (Å²) in [5.74, 6) is 1.67. The van der Waals surface area contributed by atoms with Crippen molar-refractivity contribution in [3.63, 3.8) is 0 Å². The molecular weight excluding hydrogens is 330 g/mol. The highest BCUT2D eigenvalue weighted by Crippen LogP contribution is 2.19. The van der Waals surface area contributed by atoms with Crippen LogP contribution in [-0.2, 0) is 0 Å². The Morgan fingerprint density at radius 3 is 2.65 bits per heavy atom. The molecule has 2 aromatic rings. The van der Waals surface area contributed by atoms with Gasteiger partial charge >= 0.3 is 0 Å². The van der Waals surface area contributed by atoms with E-state index >= 15 is 0 Å². The molecule has 0 amide bonds. The largest absolute Gasteiger partial charge is 0.473 e. The Kier molecular flexibility index (Phi) is 7.74. The maximum Gasteiger partial charge on any atom is 0.259 e. The lowest BCUT2D eigenvalue weighted by atomic mass is 10.2. The highest BCUT2D eigenvalue weighted by Gasteiger charge is 2.15. The minimum Gasteiger partial charge on any atom is -0.473 e. The number of aromatic nitrogens is 3. The van der Waals surface area contributed by atoms with Crippen LogP contribution in [-0.4, -0.2) is 71.8 Å². The Morgan fingerprint density at radius 2 is 2.08 bits per heavy atom. The molecule has 0 aliphatic heterocycles. The van der Waals surface area contributed by atoms with Crippen LogP contribution in [0, 0.1) is 6.92 Å². The van der Waals surface area contributed by atoms with Gasteiger partial charge in [-0.15, -0.1) is 6.58 Å². The first kappa shape index (κ1) is 20.1. The second kappa shape index (κ2) is 10.0. The molecule has 0 bridgehead atoms. The predicted octanol–water partition coefficient (Wildman–Crippen LogP) is 2.65. The average Bonchev–Trinajstić information content (AvgIpc) is 3.05. The maximum atomic E-state index is 6.11. The number of pyridine rings is 1. The molecule has 142 valence electrons. The van der Waals surface area contributed by atoms with Gasteiger partial charge in [-0.2, -0.15) is 4.98 Å². The number of ether oxygens (including phenoxy) is 1. The quantitative estimate of drug-likeness (QED) is 0.571. The van der Waals surface area contributed by atoms with Crippen molar-refractivity contribution in [2.75, 3.05) is 40.8 Å². The van der Waals surface area contributed by atoms with Gasteiger partial charge in [-0.3, -0.25) is 0 Å². The lowest BCUT2D eigenvalue weighted by molar-refractivity contribution is 0.131. The monoisotopic (exact) mass is 359 g/mol.